The van der Waals surface area contributed by atoms with Crippen LogP contribution in [0, 0.1) is 11.6 Å². The Balaban J connectivity index is 2.21. The molecule has 3 N–H and O–H groups in total. The van der Waals surface area contributed by atoms with Gasteiger partial charge >= 0.3 is 0 Å². The van der Waals surface area contributed by atoms with Crippen LogP contribution in [0.25, 0.3) is 22.4 Å². The SMILES string of the molecule is Nc1n[nH]c(-c2ccc(F)cc2F)c1-c1cccnc1. The van der Waals surface area contributed by atoms with E-state index >= 15 is 0 Å². The molecule has 0 bridgehead atoms. The maximum Gasteiger partial charge on any atom is 0.153 e. The molecule has 0 saturated carbocycles. The number of nitrogens with zero attached hydrogens (tertiary/aromatic N) is 2. The molecule has 1 aromatic carbocycles. The first kappa shape index (κ1) is 12.3. The number of anilines is 1. The van der Waals surface area contributed by atoms with E-state index in [2.05, 4.69) is 15.2 Å². The summed E-state index contributed by atoms with van der Waals surface area (Å²) in [6, 6.07) is 6.88. The van der Waals surface area contributed by atoms with E-state index in [1.54, 1.807) is 24.5 Å². The number of nitrogens with two attached hydrogens (primary N) is 1. The highest BCUT2D eigenvalue weighted by molar-refractivity contribution is 5.87. The van der Waals surface area contributed by atoms with Crippen LogP contribution < -0.4 is 5.73 Å². The van der Waals surface area contributed by atoms with Gasteiger partial charge in [0.15, 0.2) is 5.82 Å². The van der Waals surface area contributed by atoms with Crippen molar-refractivity contribution in [1.82, 2.24) is 15.2 Å². The van der Waals surface area contributed by atoms with Gasteiger partial charge in [-0.25, -0.2) is 8.78 Å². The Morgan fingerprint density at radius 3 is 2.70 bits per heavy atom. The molecule has 0 atom stereocenters. The number of aromatic nitrogens is 3. The number of nitrogen functional groups attached to an aromatic ring is 1. The summed E-state index contributed by atoms with van der Waals surface area (Å²) in [7, 11) is 0. The highest BCUT2D eigenvalue weighted by Crippen LogP contribution is 2.35. The lowest BCUT2D eigenvalue weighted by atomic mass is 10.0. The minimum absolute atomic E-state index is 0.203. The molecular weight excluding hydrogens is 262 g/mol. The molecule has 6 heteroatoms. The number of aromatic amines is 1. The van der Waals surface area contributed by atoms with Crippen LogP contribution in [0.4, 0.5) is 14.6 Å². The van der Waals surface area contributed by atoms with E-state index in [-0.39, 0.29) is 11.4 Å². The fraction of sp³-hybridized carbons (Fsp3) is 0. The number of hydrogen-bond acceptors (Lipinski definition) is 3. The molecule has 4 nitrogen and oxygen atoms in total. The van der Waals surface area contributed by atoms with Crippen molar-refractivity contribution in [2.24, 2.45) is 0 Å². The van der Waals surface area contributed by atoms with Crippen molar-refractivity contribution in [2.45, 2.75) is 0 Å². The molecule has 20 heavy (non-hydrogen) atoms. The van der Waals surface area contributed by atoms with Crippen molar-refractivity contribution in [3.63, 3.8) is 0 Å². The quantitative estimate of drug-likeness (QED) is 0.753. The second-order valence-corrected chi connectivity index (χ2v) is 4.22. The van der Waals surface area contributed by atoms with Crippen molar-refractivity contribution >= 4 is 5.82 Å². The molecule has 0 aliphatic carbocycles. The number of halogens is 2. The summed E-state index contributed by atoms with van der Waals surface area (Å²) in [4.78, 5) is 4.00. The zero-order valence-corrected chi connectivity index (χ0v) is 10.3. The predicted molar refractivity (Wildman–Crippen MR) is 71.6 cm³/mol. The van der Waals surface area contributed by atoms with E-state index in [0.717, 1.165) is 6.07 Å². The van der Waals surface area contributed by atoms with Crippen molar-refractivity contribution in [3.05, 3.63) is 54.4 Å². The van der Waals surface area contributed by atoms with Crippen molar-refractivity contribution in [2.75, 3.05) is 5.73 Å². The largest absolute Gasteiger partial charge is 0.382 e. The summed E-state index contributed by atoms with van der Waals surface area (Å²) in [6.45, 7) is 0. The van der Waals surface area contributed by atoms with Gasteiger partial charge in [0.05, 0.1) is 11.3 Å². The molecule has 0 unspecified atom stereocenters. The standard InChI is InChI=1S/C14H10F2N4/c15-9-3-4-10(11(16)6-9)13-12(14(17)20-19-13)8-2-1-5-18-7-8/h1-7H,(H3,17,19,20). The molecule has 2 aromatic heterocycles. The molecule has 0 fully saturated rings. The third-order valence-electron chi connectivity index (χ3n) is 2.94. The first-order valence-corrected chi connectivity index (χ1v) is 5.86. The Kier molecular flexibility index (Phi) is 2.90. The highest BCUT2D eigenvalue weighted by atomic mass is 19.1. The van der Waals surface area contributed by atoms with Crippen LogP contribution in [0.3, 0.4) is 0 Å². The lowest BCUT2D eigenvalue weighted by Crippen LogP contribution is -1.91. The molecule has 3 rings (SSSR count). The van der Waals surface area contributed by atoms with E-state index in [1.165, 1.54) is 12.1 Å². The summed E-state index contributed by atoms with van der Waals surface area (Å²) in [5.74, 6) is -1.09. The normalized spacial score (nSPS) is 10.7. The van der Waals surface area contributed by atoms with E-state index in [4.69, 9.17) is 5.73 Å². The van der Waals surface area contributed by atoms with E-state index in [0.29, 0.717) is 16.8 Å². The Hall–Kier alpha value is -2.76. The van der Waals surface area contributed by atoms with Crippen molar-refractivity contribution in [3.8, 4) is 22.4 Å². The molecule has 2 heterocycles. The van der Waals surface area contributed by atoms with Gasteiger partial charge < -0.3 is 5.73 Å². The third kappa shape index (κ3) is 2.01. The number of rotatable bonds is 2. The molecule has 0 aliphatic heterocycles. The minimum atomic E-state index is -0.682. The molecule has 0 spiro atoms. The van der Waals surface area contributed by atoms with Gasteiger partial charge in [0.25, 0.3) is 0 Å². The molecular formula is C14H10F2N4. The molecule has 0 aliphatic rings. The number of H-pyrrole nitrogens is 1. The predicted octanol–water partition coefficient (Wildman–Crippen LogP) is 3.00. The summed E-state index contributed by atoms with van der Waals surface area (Å²) in [5, 5.41) is 6.58. The number of pyridine rings is 1. The second kappa shape index (κ2) is 4.73. The molecule has 0 radical (unpaired) electrons. The lowest BCUT2D eigenvalue weighted by molar-refractivity contribution is 0.585. The monoisotopic (exact) mass is 272 g/mol. The smallest absolute Gasteiger partial charge is 0.153 e. The fourth-order valence-corrected chi connectivity index (χ4v) is 2.05. The Morgan fingerprint density at radius 1 is 1.15 bits per heavy atom. The Labute approximate surface area is 113 Å². The van der Waals surface area contributed by atoms with Gasteiger partial charge in [0, 0.05) is 29.6 Å². The topological polar surface area (TPSA) is 67.6 Å². The summed E-state index contributed by atoms with van der Waals surface area (Å²) in [6.07, 6.45) is 3.23. The molecule has 0 saturated heterocycles. The van der Waals surface area contributed by atoms with Crippen LogP contribution in [0.15, 0.2) is 42.7 Å². The summed E-state index contributed by atoms with van der Waals surface area (Å²) in [5.41, 5.74) is 7.67. The number of benzene rings is 1. The third-order valence-corrected chi connectivity index (χ3v) is 2.94. The first-order chi connectivity index (χ1) is 9.66. The molecule has 100 valence electrons. The zero-order chi connectivity index (χ0) is 14.1. The molecule has 0 amide bonds. The van der Waals surface area contributed by atoms with Gasteiger partial charge in [0.2, 0.25) is 0 Å². The van der Waals surface area contributed by atoms with Crippen LogP contribution in [-0.4, -0.2) is 15.2 Å². The Bertz CT molecular complexity index is 753. The fourth-order valence-electron chi connectivity index (χ4n) is 2.05. The van der Waals surface area contributed by atoms with Gasteiger partial charge in [-0.2, -0.15) is 5.10 Å². The van der Waals surface area contributed by atoms with Gasteiger partial charge in [-0.15, -0.1) is 0 Å². The summed E-state index contributed by atoms with van der Waals surface area (Å²) >= 11 is 0. The van der Waals surface area contributed by atoms with E-state index < -0.39 is 11.6 Å². The van der Waals surface area contributed by atoms with Gasteiger partial charge in [-0.3, -0.25) is 10.1 Å². The van der Waals surface area contributed by atoms with Crippen LogP contribution in [-0.2, 0) is 0 Å². The minimum Gasteiger partial charge on any atom is -0.382 e. The highest BCUT2D eigenvalue weighted by Gasteiger charge is 2.17. The van der Waals surface area contributed by atoms with E-state index in [1.807, 2.05) is 0 Å². The lowest BCUT2D eigenvalue weighted by Gasteiger charge is -2.05. The van der Waals surface area contributed by atoms with Gasteiger partial charge in [0.1, 0.15) is 11.6 Å². The summed E-state index contributed by atoms with van der Waals surface area (Å²) < 4.78 is 26.9. The first-order valence-electron chi connectivity index (χ1n) is 5.86. The van der Waals surface area contributed by atoms with Gasteiger partial charge in [-0.05, 0) is 18.2 Å². The second-order valence-electron chi connectivity index (χ2n) is 4.22. The average Bonchev–Trinajstić information content (AvgIpc) is 2.81. The van der Waals surface area contributed by atoms with Crippen LogP contribution in [0.1, 0.15) is 0 Å². The average molecular weight is 272 g/mol. The van der Waals surface area contributed by atoms with Crippen LogP contribution in [0.5, 0.6) is 0 Å². The maximum absolute atomic E-state index is 13.9. The Morgan fingerprint density at radius 2 is 2.00 bits per heavy atom. The maximum atomic E-state index is 13.9. The van der Waals surface area contributed by atoms with Crippen LogP contribution >= 0.6 is 0 Å². The van der Waals surface area contributed by atoms with E-state index in [9.17, 15) is 8.78 Å². The number of hydrogen-bond donors (Lipinski definition) is 2. The molecule has 3 aromatic rings. The number of nitrogens with one attached hydrogen (secondary N) is 1. The zero-order valence-electron chi connectivity index (χ0n) is 10.3. The van der Waals surface area contributed by atoms with Crippen LogP contribution in [0.2, 0.25) is 0 Å². The van der Waals surface area contributed by atoms with Crippen molar-refractivity contribution < 1.29 is 8.78 Å². The van der Waals surface area contributed by atoms with Gasteiger partial charge in [-0.1, -0.05) is 6.07 Å². The van der Waals surface area contributed by atoms with Crippen molar-refractivity contribution in [1.29, 1.82) is 0 Å².